The Hall–Kier alpha value is -1.00. The SMILES string of the molecule is c1cc2sc(C3CC4CCCCC4N3)nc2cn1. The van der Waals surface area contributed by atoms with Crippen LogP contribution >= 0.6 is 11.3 Å². The number of thiazole rings is 1. The van der Waals surface area contributed by atoms with Gasteiger partial charge in [0.25, 0.3) is 0 Å². The molecule has 1 N–H and O–H groups in total. The van der Waals surface area contributed by atoms with Crippen LogP contribution in [0.3, 0.4) is 0 Å². The lowest BCUT2D eigenvalue weighted by Gasteiger charge is -2.24. The molecule has 1 aliphatic carbocycles. The van der Waals surface area contributed by atoms with Gasteiger partial charge in [0.1, 0.15) is 5.01 Å². The molecule has 0 spiro atoms. The van der Waals surface area contributed by atoms with Crippen LogP contribution in [0.25, 0.3) is 10.2 Å². The van der Waals surface area contributed by atoms with E-state index >= 15 is 0 Å². The molecule has 0 radical (unpaired) electrons. The van der Waals surface area contributed by atoms with Crippen LogP contribution in [-0.2, 0) is 0 Å². The van der Waals surface area contributed by atoms with E-state index in [0.717, 1.165) is 17.5 Å². The predicted octanol–water partition coefficient (Wildman–Crippen LogP) is 3.28. The Balaban J connectivity index is 1.63. The zero-order chi connectivity index (χ0) is 11.9. The highest BCUT2D eigenvalue weighted by molar-refractivity contribution is 7.18. The highest BCUT2D eigenvalue weighted by atomic mass is 32.1. The van der Waals surface area contributed by atoms with Crippen LogP contribution in [-0.4, -0.2) is 16.0 Å². The van der Waals surface area contributed by atoms with Crippen LogP contribution in [0, 0.1) is 5.92 Å². The summed E-state index contributed by atoms with van der Waals surface area (Å²) in [4.78, 5) is 8.89. The number of pyridine rings is 1. The van der Waals surface area contributed by atoms with Gasteiger partial charge in [-0.15, -0.1) is 11.3 Å². The maximum Gasteiger partial charge on any atom is 0.111 e. The maximum atomic E-state index is 4.75. The van der Waals surface area contributed by atoms with Crippen molar-refractivity contribution < 1.29 is 0 Å². The minimum atomic E-state index is 0.482. The first-order valence-electron chi connectivity index (χ1n) is 6.86. The molecule has 1 aliphatic heterocycles. The molecule has 2 aliphatic rings. The first-order chi connectivity index (χ1) is 8.90. The zero-order valence-corrected chi connectivity index (χ0v) is 11.1. The van der Waals surface area contributed by atoms with E-state index in [1.165, 1.54) is 41.8 Å². The van der Waals surface area contributed by atoms with Gasteiger partial charge in [-0.1, -0.05) is 12.8 Å². The van der Waals surface area contributed by atoms with E-state index in [2.05, 4.69) is 16.4 Å². The van der Waals surface area contributed by atoms with E-state index in [1.54, 1.807) is 0 Å². The predicted molar refractivity (Wildman–Crippen MR) is 73.7 cm³/mol. The molecular weight excluding hydrogens is 242 g/mol. The van der Waals surface area contributed by atoms with E-state index in [1.807, 2.05) is 23.7 Å². The van der Waals surface area contributed by atoms with Gasteiger partial charge < -0.3 is 5.32 Å². The fraction of sp³-hybridized carbons (Fsp3) is 0.571. The summed E-state index contributed by atoms with van der Waals surface area (Å²) in [6.07, 6.45) is 10.6. The molecule has 1 saturated carbocycles. The molecule has 3 heterocycles. The number of nitrogens with zero attached hydrogens (tertiary/aromatic N) is 2. The standard InChI is InChI=1S/C14H17N3S/c1-2-4-10-9(3-1)7-11(16-10)14-17-12-8-15-6-5-13(12)18-14/h5-6,8-11,16H,1-4,7H2. The van der Waals surface area contributed by atoms with Crippen molar-refractivity contribution in [2.24, 2.45) is 5.92 Å². The molecule has 0 aromatic carbocycles. The molecule has 3 unspecified atom stereocenters. The summed E-state index contributed by atoms with van der Waals surface area (Å²) < 4.78 is 1.26. The van der Waals surface area contributed by atoms with Crippen molar-refractivity contribution in [3.8, 4) is 0 Å². The van der Waals surface area contributed by atoms with Gasteiger partial charge in [-0.05, 0) is 31.2 Å². The van der Waals surface area contributed by atoms with Crippen molar-refractivity contribution in [1.29, 1.82) is 0 Å². The summed E-state index contributed by atoms with van der Waals surface area (Å²) in [5.74, 6) is 0.883. The quantitative estimate of drug-likeness (QED) is 0.854. The molecule has 3 atom stereocenters. The van der Waals surface area contributed by atoms with Crippen molar-refractivity contribution in [3.63, 3.8) is 0 Å². The van der Waals surface area contributed by atoms with Gasteiger partial charge in [-0.25, -0.2) is 4.98 Å². The Kier molecular flexibility index (Phi) is 2.59. The summed E-state index contributed by atoms with van der Waals surface area (Å²) in [6, 6.07) is 3.29. The number of hydrogen-bond acceptors (Lipinski definition) is 4. The molecule has 0 bridgehead atoms. The highest BCUT2D eigenvalue weighted by Gasteiger charge is 2.36. The number of nitrogens with one attached hydrogen (secondary N) is 1. The largest absolute Gasteiger partial charge is 0.305 e. The monoisotopic (exact) mass is 259 g/mol. The number of rotatable bonds is 1. The fourth-order valence-corrected chi connectivity index (χ4v) is 4.47. The molecule has 4 heteroatoms. The van der Waals surface area contributed by atoms with Crippen LogP contribution in [0.4, 0.5) is 0 Å². The van der Waals surface area contributed by atoms with E-state index in [0.29, 0.717) is 6.04 Å². The molecule has 2 fully saturated rings. The van der Waals surface area contributed by atoms with E-state index in [9.17, 15) is 0 Å². The summed E-state index contributed by atoms with van der Waals surface area (Å²) in [7, 11) is 0. The van der Waals surface area contributed by atoms with Crippen molar-refractivity contribution in [3.05, 3.63) is 23.5 Å². The van der Waals surface area contributed by atoms with E-state index < -0.39 is 0 Å². The summed E-state index contributed by atoms with van der Waals surface area (Å²) in [6.45, 7) is 0. The highest BCUT2D eigenvalue weighted by Crippen LogP contribution is 2.40. The first-order valence-corrected chi connectivity index (χ1v) is 7.68. The second-order valence-electron chi connectivity index (χ2n) is 5.50. The Morgan fingerprint density at radius 2 is 2.22 bits per heavy atom. The average molecular weight is 259 g/mol. The lowest BCUT2D eigenvalue weighted by atomic mass is 9.85. The number of aromatic nitrogens is 2. The summed E-state index contributed by atoms with van der Waals surface area (Å²) >= 11 is 1.83. The van der Waals surface area contributed by atoms with Crippen LogP contribution in [0.15, 0.2) is 18.5 Å². The van der Waals surface area contributed by atoms with Crippen molar-refractivity contribution >= 4 is 21.6 Å². The molecule has 3 nitrogen and oxygen atoms in total. The Labute approximate surface area is 111 Å². The molecule has 94 valence electrons. The maximum absolute atomic E-state index is 4.75. The molecule has 1 saturated heterocycles. The van der Waals surface area contributed by atoms with Gasteiger partial charge >= 0.3 is 0 Å². The summed E-state index contributed by atoms with van der Waals surface area (Å²) in [5.41, 5.74) is 1.05. The molecule has 2 aromatic rings. The second-order valence-corrected chi connectivity index (χ2v) is 6.56. The van der Waals surface area contributed by atoms with Gasteiger partial charge in [0, 0.05) is 12.2 Å². The van der Waals surface area contributed by atoms with Crippen LogP contribution < -0.4 is 5.32 Å². The van der Waals surface area contributed by atoms with Gasteiger partial charge in [-0.2, -0.15) is 0 Å². The molecule has 18 heavy (non-hydrogen) atoms. The van der Waals surface area contributed by atoms with Crippen LogP contribution in [0.1, 0.15) is 43.2 Å². The number of hydrogen-bond donors (Lipinski definition) is 1. The first kappa shape index (κ1) is 10.9. The van der Waals surface area contributed by atoms with Gasteiger partial charge in [0.15, 0.2) is 0 Å². The van der Waals surface area contributed by atoms with Gasteiger partial charge in [0.2, 0.25) is 0 Å². The Morgan fingerprint density at radius 1 is 1.28 bits per heavy atom. The fourth-order valence-electron chi connectivity index (χ4n) is 3.46. The lowest BCUT2D eigenvalue weighted by molar-refractivity contribution is 0.325. The molecular formula is C14H17N3S. The zero-order valence-electron chi connectivity index (χ0n) is 10.3. The molecule has 2 aromatic heterocycles. The lowest BCUT2D eigenvalue weighted by Crippen LogP contribution is -2.30. The van der Waals surface area contributed by atoms with Crippen LogP contribution in [0.2, 0.25) is 0 Å². The average Bonchev–Trinajstić information content (AvgIpc) is 3.02. The van der Waals surface area contributed by atoms with Gasteiger partial charge in [0.05, 0.1) is 22.5 Å². The van der Waals surface area contributed by atoms with Crippen molar-refractivity contribution in [1.82, 2.24) is 15.3 Å². The van der Waals surface area contributed by atoms with E-state index in [-0.39, 0.29) is 0 Å². The molecule has 0 amide bonds. The Bertz CT molecular complexity index is 518. The second kappa shape index (κ2) is 4.28. The van der Waals surface area contributed by atoms with Gasteiger partial charge in [-0.3, -0.25) is 4.98 Å². The number of fused-ring (bicyclic) bond motifs is 2. The third-order valence-corrected chi connectivity index (χ3v) is 5.52. The minimum Gasteiger partial charge on any atom is -0.305 e. The minimum absolute atomic E-state index is 0.482. The third kappa shape index (κ3) is 1.75. The van der Waals surface area contributed by atoms with Crippen molar-refractivity contribution in [2.45, 2.75) is 44.2 Å². The Morgan fingerprint density at radius 3 is 3.11 bits per heavy atom. The summed E-state index contributed by atoms with van der Waals surface area (Å²) in [5, 5.41) is 5.05. The normalized spacial score (nSPS) is 31.7. The molecule has 4 rings (SSSR count). The van der Waals surface area contributed by atoms with E-state index in [4.69, 9.17) is 4.98 Å². The third-order valence-electron chi connectivity index (χ3n) is 4.37. The topological polar surface area (TPSA) is 37.8 Å². The van der Waals surface area contributed by atoms with Crippen LogP contribution in [0.5, 0.6) is 0 Å². The van der Waals surface area contributed by atoms with Crippen molar-refractivity contribution in [2.75, 3.05) is 0 Å². The smallest absolute Gasteiger partial charge is 0.111 e.